The van der Waals surface area contributed by atoms with E-state index >= 15 is 0 Å². The zero-order chi connectivity index (χ0) is 10.3. The first-order valence-electron chi connectivity index (χ1n) is 4.13. The van der Waals surface area contributed by atoms with E-state index in [1.54, 1.807) is 19.9 Å². The van der Waals surface area contributed by atoms with Crippen LogP contribution in [0, 0.1) is 0 Å². The van der Waals surface area contributed by atoms with Crippen molar-refractivity contribution in [3.05, 3.63) is 30.3 Å². The molecule has 72 valence electrons. The van der Waals surface area contributed by atoms with Gasteiger partial charge in [0.1, 0.15) is 0 Å². The Bertz CT molecular complexity index is 250. The molecule has 0 aromatic carbocycles. The summed E-state index contributed by atoms with van der Waals surface area (Å²) in [6.45, 7) is 9.22. The fraction of sp³-hybridized carbons (Fsp3) is 0.400. The molecule has 3 heteroatoms. The van der Waals surface area contributed by atoms with E-state index in [1.807, 2.05) is 6.92 Å². The van der Waals surface area contributed by atoms with Crippen LogP contribution in [0.25, 0.3) is 0 Å². The predicted molar refractivity (Wildman–Crippen MR) is 52.0 cm³/mol. The third-order valence-corrected chi connectivity index (χ3v) is 1.36. The summed E-state index contributed by atoms with van der Waals surface area (Å²) in [4.78, 5) is 12.6. The van der Waals surface area contributed by atoms with E-state index in [0.29, 0.717) is 12.3 Å². The summed E-state index contributed by atoms with van der Waals surface area (Å²) in [5.41, 5.74) is 3.54. The average Bonchev–Trinajstić information content (AvgIpc) is 2.06. The van der Waals surface area contributed by atoms with Gasteiger partial charge in [-0.3, -0.25) is 4.90 Å². The maximum absolute atomic E-state index is 11.2. The summed E-state index contributed by atoms with van der Waals surface area (Å²) in [6.07, 6.45) is 2.71. The SMILES string of the molecule is C=CN(C(=O)OCC)C(C)=C=CC. The minimum Gasteiger partial charge on any atom is -0.449 e. The molecule has 0 saturated heterocycles. The molecule has 0 unspecified atom stereocenters. The van der Waals surface area contributed by atoms with Crippen LogP contribution in [-0.4, -0.2) is 17.6 Å². The van der Waals surface area contributed by atoms with E-state index in [-0.39, 0.29) is 0 Å². The van der Waals surface area contributed by atoms with Gasteiger partial charge in [-0.2, -0.15) is 0 Å². The Morgan fingerprint density at radius 2 is 2.31 bits per heavy atom. The lowest BCUT2D eigenvalue weighted by Crippen LogP contribution is -2.24. The second kappa shape index (κ2) is 6.09. The number of nitrogens with zero attached hydrogens (tertiary/aromatic N) is 1. The fourth-order valence-electron chi connectivity index (χ4n) is 0.820. The van der Waals surface area contributed by atoms with E-state index in [4.69, 9.17) is 4.74 Å². The van der Waals surface area contributed by atoms with Crippen molar-refractivity contribution in [3.8, 4) is 0 Å². The number of carbonyl (C=O) groups is 1. The van der Waals surface area contributed by atoms with Gasteiger partial charge in [0.05, 0.1) is 12.3 Å². The van der Waals surface area contributed by atoms with Crippen LogP contribution in [0.1, 0.15) is 20.8 Å². The van der Waals surface area contributed by atoms with E-state index in [2.05, 4.69) is 12.3 Å². The molecule has 0 atom stereocenters. The van der Waals surface area contributed by atoms with Crippen LogP contribution >= 0.6 is 0 Å². The molecule has 0 saturated carbocycles. The smallest absolute Gasteiger partial charge is 0.418 e. The van der Waals surface area contributed by atoms with Crippen molar-refractivity contribution in [3.63, 3.8) is 0 Å². The van der Waals surface area contributed by atoms with Crippen molar-refractivity contribution in [2.45, 2.75) is 20.8 Å². The number of ether oxygens (including phenoxy) is 1. The molecule has 3 nitrogen and oxygen atoms in total. The molecule has 0 radical (unpaired) electrons. The Morgan fingerprint density at radius 3 is 2.69 bits per heavy atom. The van der Waals surface area contributed by atoms with Crippen LogP contribution in [0.15, 0.2) is 30.3 Å². The number of allylic oxidation sites excluding steroid dienone is 1. The molecule has 0 spiro atoms. The van der Waals surface area contributed by atoms with Crippen molar-refractivity contribution in [2.75, 3.05) is 6.61 Å². The highest BCUT2D eigenvalue weighted by molar-refractivity contribution is 5.71. The molecule has 1 amide bonds. The molecule has 0 bridgehead atoms. The summed E-state index contributed by atoms with van der Waals surface area (Å²) in [5.74, 6) is 0. The lowest BCUT2D eigenvalue weighted by Gasteiger charge is -2.15. The van der Waals surface area contributed by atoms with Crippen molar-refractivity contribution in [2.24, 2.45) is 0 Å². The first-order valence-corrected chi connectivity index (χ1v) is 4.13. The highest BCUT2D eigenvalue weighted by Crippen LogP contribution is 2.04. The second-order valence-electron chi connectivity index (χ2n) is 2.27. The van der Waals surface area contributed by atoms with Gasteiger partial charge in [0.15, 0.2) is 0 Å². The molecule has 0 heterocycles. The van der Waals surface area contributed by atoms with Gasteiger partial charge in [-0.1, -0.05) is 6.58 Å². The Morgan fingerprint density at radius 1 is 1.69 bits per heavy atom. The lowest BCUT2D eigenvalue weighted by atomic mass is 10.4. The Hall–Kier alpha value is -1.47. The molecule has 0 rings (SSSR count). The average molecular weight is 181 g/mol. The van der Waals surface area contributed by atoms with Crippen molar-refractivity contribution in [1.29, 1.82) is 0 Å². The van der Waals surface area contributed by atoms with Crippen LogP contribution in [0.5, 0.6) is 0 Å². The highest BCUT2D eigenvalue weighted by atomic mass is 16.6. The van der Waals surface area contributed by atoms with E-state index in [9.17, 15) is 4.79 Å². The molecule has 0 aromatic rings. The molecule has 0 aliphatic carbocycles. The lowest BCUT2D eigenvalue weighted by molar-refractivity contribution is 0.131. The van der Waals surface area contributed by atoms with Gasteiger partial charge in [0.2, 0.25) is 0 Å². The van der Waals surface area contributed by atoms with Gasteiger partial charge in [-0.05, 0) is 26.8 Å². The minimum atomic E-state index is -0.427. The predicted octanol–water partition coefficient (Wildman–Crippen LogP) is 2.67. The van der Waals surface area contributed by atoms with Gasteiger partial charge in [-0.15, -0.1) is 5.73 Å². The molecular weight excluding hydrogens is 166 g/mol. The number of carbonyl (C=O) groups excluding carboxylic acids is 1. The van der Waals surface area contributed by atoms with E-state index < -0.39 is 6.09 Å². The molecule has 0 N–H and O–H groups in total. The number of hydrogen-bond donors (Lipinski definition) is 0. The minimum absolute atomic E-state index is 0.353. The van der Waals surface area contributed by atoms with E-state index in [1.165, 1.54) is 11.1 Å². The van der Waals surface area contributed by atoms with Gasteiger partial charge in [0, 0.05) is 6.20 Å². The van der Waals surface area contributed by atoms with Crippen LogP contribution in [-0.2, 0) is 4.74 Å². The molecule has 0 aliphatic heterocycles. The quantitative estimate of drug-likeness (QED) is 0.626. The maximum Gasteiger partial charge on any atom is 0.418 e. The third kappa shape index (κ3) is 3.63. The van der Waals surface area contributed by atoms with Crippen molar-refractivity contribution >= 4 is 6.09 Å². The van der Waals surface area contributed by atoms with Gasteiger partial charge in [0.25, 0.3) is 0 Å². The zero-order valence-corrected chi connectivity index (χ0v) is 8.33. The van der Waals surface area contributed by atoms with E-state index in [0.717, 1.165) is 0 Å². The summed E-state index contributed by atoms with van der Waals surface area (Å²) in [5, 5.41) is 0. The molecule has 13 heavy (non-hydrogen) atoms. The first kappa shape index (κ1) is 11.5. The summed E-state index contributed by atoms with van der Waals surface area (Å²) in [7, 11) is 0. The number of hydrogen-bond acceptors (Lipinski definition) is 2. The zero-order valence-electron chi connectivity index (χ0n) is 8.33. The van der Waals surface area contributed by atoms with Crippen LogP contribution in [0.4, 0.5) is 4.79 Å². The topological polar surface area (TPSA) is 29.5 Å². The molecule has 0 aromatic heterocycles. The Labute approximate surface area is 79.0 Å². The molecule has 0 aliphatic rings. The third-order valence-electron chi connectivity index (χ3n) is 1.36. The largest absolute Gasteiger partial charge is 0.449 e. The number of rotatable bonds is 3. The summed E-state index contributed by atoms with van der Waals surface area (Å²) in [6, 6.07) is 0. The normalized spacial score (nSPS) is 8.23. The molecular formula is C10H15NO2. The maximum atomic E-state index is 11.2. The standard InChI is InChI=1S/C10H15NO2/c1-5-8-9(4)11(6-2)10(12)13-7-3/h5-6H,2,7H2,1,3-4H3. The summed E-state index contributed by atoms with van der Waals surface area (Å²) >= 11 is 0. The monoisotopic (exact) mass is 181 g/mol. The Balaban J connectivity index is 4.60. The van der Waals surface area contributed by atoms with Crippen LogP contribution in [0.2, 0.25) is 0 Å². The fourth-order valence-corrected chi connectivity index (χ4v) is 0.820. The Kier molecular flexibility index (Phi) is 5.40. The van der Waals surface area contributed by atoms with Gasteiger partial charge < -0.3 is 4.74 Å². The summed E-state index contributed by atoms with van der Waals surface area (Å²) < 4.78 is 4.80. The van der Waals surface area contributed by atoms with Crippen molar-refractivity contribution < 1.29 is 9.53 Å². The molecule has 0 fully saturated rings. The number of amides is 1. The first-order chi connectivity index (χ1) is 6.17. The highest BCUT2D eigenvalue weighted by Gasteiger charge is 2.11. The van der Waals surface area contributed by atoms with Crippen LogP contribution in [0.3, 0.4) is 0 Å². The second-order valence-corrected chi connectivity index (χ2v) is 2.27. The van der Waals surface area contributed by atoms with Gasteiger partial charge >= 0.3 is 6.09 Å². The van der Waals surface area contributed by atoms with Crippen LogP contribution < -0.4 is 0 Å². The van der Waals surface area contributed by atoms with Gasteiger partial charge in [-0.25, -0.2) is 4.79 Å². The van der Waals surface area contributed by atoms with Crippen molar-refractivity contribution in [1.82, 2.24) is 4.90 Å².